The second-order valence-electron chi connectivity index (χ2n) is 3.04. The summed E-state index contributed by atoms with van der Waals surface area (Å²) < 4.78 is 14.6. The van der Waals surface area contributed by atoms with Crippen LogP contribution in [0.3, 0.4) is 0 Å². The number of hydrogen-bond acceptors (Lipinski definition) is 3. The van der Waals surface area contributed by atoms with Gasteiger partial charge in [0.1, 0.15) is 0 Å². The van der Waals surface area contributed by atoms with Crippen molar-refractivity contribution in [3.63, 3.8) is 0 Å². The molecule has 6 heteroatoms. The average Bonchev–Trinajstić information content (AvgIpc) is 2.17. The normalized spacial score (nSPS) is 13.8. The zero-order valence-corrected chi connectivity index (χ0v) is 8.88. The zero-order chi connectivity index (χ0) is 11.3. The molecule has 0 aliphatic heterocycles. The van der Waals surface area contributed by atoms with E-state index in [-0.39, 0.29) is 13.0 Å². The van der Waals surface area contributed by atoms with Gasteiger partial charge in [-0.25, -0.2) is 4.57 Å². The van der Waals surface area contributed by atoms with Gasteiger partial charge < -0.3 is 14.9 Å². The number of benzene rings is 1. The lowest BCUT2D eigenvalue weighted by Gasteiger charge is -2.11. The number of phosphoric acid groups is 1. The van der Waals surface area contributed by atoms with Gasteiger partial charge in [-0.2, -0.15) is 0 Å². The molecule has 5 nitrogen and oxygen atoms in total. The van der Waals surface area contributed by atoms with E-state index in [0.29, 0.717) is 5.56 Å². The Bertz CT molecular complexity index is 334. The van der Waals surface area contributed by atoms with E-state index in [9.17, 15) is 9.67 Å². The van der Waals surface area contributed by atoms with E-state index < -0.39 is 13.9 Å². The topological polar surface area (TPSA) is 87.0 Å². The molecule has 0 aliphatic carbocycles. The van der Waals surface area contributed by atoms with Crippen molar-refractivity contribution >= 4 is 7.82 Å². The van der Waals surface area contributed by atoms with Gasteiger partial charge in [-0.15, -0.1) is 0 Å². The van der Waals surface area contributed by atoms with Crippen LogP contribution in [-0.2, 0) is 9.09 Å². The Morgan fingerprint density at radius 2 is 1.87 bits per heavy atom. The first-order valence-electron chi connectivity index (χ1n) is 4.42. The number of hydrogen-bond donors (Lipinski definition) is 3. The summed E-state index contributed by atoms with van der Waals surface area (Å²) in [6.07, 6.45) is -0.618. The van der Waals surface area contributed by atoms with Crippen LogP contribution in [0.15, 0.2) is 30.3 Å². The third-order valence-corrected chi connectivity index (χ3v) is 2.35. The van der Waals surface area contributed by atoms with Gasteiger partial charge in [0.15, 0.2) is 0 Å². The Morgan fingerprint density at radius 1 is 1.27 bits per heavy atom. The van der Waals surface area contributed by atoms with Crippen molar-refractivity contribution < 1.29 is 24.0 Å². The molecule has 1 atom stereocenters. The molecule has 0 spiro atoms. The summed E-state index contributed by atoms with van der Waals surface area (Å²) in [6.45, 7) is -0.180. The molecule has 0 fully saturated rings. The third-order valence-electron chi connectivity index (χ3n) is 1.84. The number of aliphatic hydroxyl groups excluding tert-OH is 1. The van der Waals surface area contributed by atoms with Gasteiger partial charge in [0, 0.05) is 6.42 Å². The molecule has 0 saturated heterocycles. The van der Waals surface area contributed by atoms with Crippen LogP contribution in [0.25, 0.3) is 0 Å². The summed E-state index contributed by atoms with van der Waals surface area (Å²) in [6, 6.07) is 8.86. The molecule has 1 rings (SSSR count). The fraction of sp³-hybridized carbons (Fsp3) is 0.333. The van der Waals surface area contributed by atoms with Crippen LogP contribution < -0.4 is 0 Å². The van der Waals surface area contributed by atoms with Gasteiger partial charge in [0.05, 0.1) is 12.7 Å². The first-order valence-corrected chi connectivity index (χ1v) is 5.95. The highest BCUT2D eigenvalue weighted by molar-refractivity contribution is 7.46. The Kier molecular flexibility index (Phi) is 4.45. The van der Waals surface area contributed by atoms with Crippen molar-refractivity contribution in [1.29, 1.82) is 0 Å². The predicted molar refractivity (Wildman–Crippen MR) is 54.0 cm³/mol. The standard InChI is InChI=1S/C9H13O5P/c10-9(6-7-14-15(11,12)13)8-4-2-1-3-5-8/h1-5,9-10H,6-7H2,(H2,11,12,13). The summed E-state index contributed by atoms with van der Waals surface area (Å²) in [5.41, 5.74) is 0.701. The van der Waals surface area contributed by atoms with E-state index in [2.05, 4.69) is 4.52 Å². The van der Waals surface area contributed by atoms with Gasteiger partial charge in [0.25, 0.3) is 0 Å². The van der Waals surface area contributed by atoms with E-state index in [4.69, 9.17) is 9.79 Å². The van der Waals surface area contributed by atoms with Crippen molar-refractivity contribution in [1.82, 2.24) is 0 Å². The van der Waals surface area contributed by atoms with Crippen LogP contribution in [0, 0.1) is 0 Å². The minimum Gasteiger partial charge on any atom is -0.388 e. The van der Waals surface area contributed by atoms with Gasteiger partial charge in [-0.3, -0.25) is 4.52 Å². The second-order valence-corrected chi connectivity index (χ2v) is 4.28. The highest BCUT2D eigenvalue weighted by atomic mass is 31.2. The largest absolute Gasteiger partial charge is 0.469 e. The number of phosphoric ester groups is 1. The van der Waals surface area contributed by atoms with E-state index in [0.717, 1.165) is 0 Å². The minimum atomic E-state index is -4.42. The molecule has 3 N–H and O–H groups in total. The summed E-state index contributed by atoms with van der Waals surface area (Å²) in [5.74, 6) is 0. The quantitative estimate of drug-likeness (QED) is 0.664. The second kappa shape index (κ2) is 5.39. The van der Waals surface area contributed by atoms with Crippen LogP contribution in [0.2, 0.25) is 0 Å². The van der Waals surface area contributed by atoms with Crippen molar-refractivity contribution in [3.8, 4) is 0 Å². The summed E-state index contributed by atoms with van der Waals surface area (Å²) in [5, 5.41) is 9.58. The maximum absolute atomic E-state index is 10.3. The predicted octanol–water partition coefficient (Wildman–Crippen LogP) is 1.22. The number of rotatable bonds is 5. The molecule has 0 aliphatic rings. The van der Waals surface area contributed by atoms with E-state index in [1.807, 2.05) is 6.07 Å². The smallest absolute Gasteiger partial charge is 0.388 e. The molecule has 0 heterocycles. The molecule has 0 amide bonds. The highest BCUT2D eigenvalue weighted by Crippen LogP contribution is 2.36. The van der Waals surface area contributed by atoms with Crippen molar-refractivity contribution in [2.75, 3.05) is 6.61 Å². The first-order chi connectivity index (χ1) is 6.99. The van der Waals surface area contributed by atoms with Crippen molar-refractivity contribution in [3.05, 3.63) is 35.9 Å². The molecule has 1 unspecified atom stereocenters. The van der Waals surface area contributed by atoms with Crippen LogP contribution in [-0.4, -0.2) is 21.5 Å². The Morgan fingerprint density at radius 3 is 2.40 bits per heavy atom. The molecule has 15 heavy (non-hydrogen) atoms. The maximum atomic E-state index is 10.3. The molecular weight excluding hydrogens is 219 g/mol. The van der Waals surface area contributed by atoms with Crippen molar-refractivity contribution in [2.24, 2.45) is 0 Å². The van der Waals surface area contributed by atoms with Crippen molar-refractivity contribution in [2.45, 2.75) is 12.5 Å². The summed E-state index contributed by atoms with van der Waals surface area (Å²) in [4.78, 5) is 16.8. The Balaban J connectivity index is 2.37. The van der Waals surface area contributed by atoms with E-state index in [1.165, 1.54) is 0 Å². The fourth-order valence-corrected chi connectivity index (χ4v) is 1.47. The van der Waals surface area contributed by atoms with E-state index >= 15 is 0 Å². The highest BCUT2D eigenvalue weighted by Gasteiger charge is 2.15. The maximum Gasteiger partial charge on any atom is 0.469 e. The SMILES string of the molecule is O=P(O)(O)OCCC(O)c1ccccc1. The molecule has 0 bridgehead atoms. The fourth-order valence-electron chi connectivity index (χ4n) is 1.13. The van der Waals surface area contributed by atoms with E-state index in [1.54, 1.807) is 24.3 Å². The molecule has 0 saturated carbocycles. The first kappa shape index (κ1) is 12.4. The molecule has 1 aromatic carbocycles. The summed E-state index contributed by atoms with van der Waals surface area (Å²) >= 11 is 0. The monoisotopic (exact) mass is 232 g/mol. The lowest BCUT2D eigenvalue weighted by atomic mass is 10.1. The van der Waals surface area contributed by atoms with Crippen LogP contribution in [0.1, 0.15) is 18.1 Å². The van der Waals surface area contributed by atoms with Crippen LogP contribution in [0.5, 0.6) is 0 Å². The van der Waals surface area contributed by atoms with Gasteiger partial charge >= 0.3 is 7.82 Å². The molecular formula is C9H13O5P. The zero-order valence-electron chi connectivity index (χ0n) is 7.98. The summed E-state index contributed by atoms with van der Waals surface area (Å²) in [7, 11) is -4.42. The van der Waals surface area contributed by atoms with Gasteiger partial charge in [-0.05, 0) is 5.56 Å². The third kappa shape index (κ3) is 5.06. The minimum absolute atomic E-state index is 0.148. The Labute approximate surface area is 87.6 Å². The number of aliphatic hydroxyl groups is 1. The molecule has 84 valence electrons. The average molecular weight is 232 g/mol. The molecule has 1 aromatic rings. The van der Waals surface area contributed by atoms with Crippen LogP contribution in [0.4, 0.5) is 0 Å². The lowest BCUT2D eigenvalue weighted by molar-refractivity contribution is 0.124. The van der Waals surface area contributed by atoms with Gasteiger partial charge in [0.2, 0.25) is 0 Å². The molecule has 0 radical (unpaired) electrons. The van der Waals surface area contributed by atoms with Gasteiger partial charge in [-0.1, -0.05) is 30.3 Å². The molecule has 0 aromatic heterocycles. The Hall–Kier alpha value is -0.710. The van der Waals surface area contributed by atoms with Crippen LogP contribution >= 0.6 is 7.82 Å². The lowest BCUT2D eigenvalue weighted by Crippen LogP contribution is -2.02.